The summed E-state index contributed by atoms with van der Waals surface area (Å²) in [7, 11) is 1.30. The molecule has 5 heteroatoms. The van der Waals surface area contributed by atoms with Crippen LogP contribution in [0.5, 0.6) is 0 Å². The minimum Gasteiger partial charge on any atom is -0.464 e. The molecule has 0 saturated carbocycles. The second-order valence-electron chi connectivity index (χ2n) is 5.15. The Labute approximate surface area is 126 Å². The van der Waals surface area contributed by atoms with Crippen molar-refractivity contribution in [3.8, 4) is 0 Å². The molecule has 3 rings (SSSR count). The van der Waals surface area contributed by atoms with E-state index in [1.54, 1.807) is 0 Å². The molecule has 1 aliphatic rings. The maximum Gasteiger partial charge on any atom is 0.358 e. The number of Topliss-reactive ketones (excluding diaryl/α,β-unsaturated/α-hetero) is 1. The Morgan fingerprint density at radius 3 is 2.38 bits per heavy atom. The Bertz CT molecular complexity index is 695. The highest BCUT2D eigenvalue weighted by Crippen LogP contribution is 2.36. The van der Waals surface area contributed by atoms with Gasteiger partial charge in [0.15, 0.2) is 11.5 Å². The van der Waals surface area contributed by atoms with Crippen LogP contribution in [0.1, 0.15) is 49.1 Å². The van der Waals surface area contributed by atoms with Gasteiger partial charge in [-0.2, -0.15) is 0 Å². The second-order valence-corrected chi connectivity index (χ2v) is 6.18. The molecule has 4 nitrogen and oxygen atoms in total. The van der Waals surface area contributed by atoms with Crippen LogP contribution in [0, 0.1) is 0 Å². The summed E-state index contributed by atoms with van der Waals surface area (Å²) in [4.78, 5) is 28.2. The van der Waals surface area contributed by atoms with Gasteiger partial charge in [-0.15, -0.1) is 11.3 Å². The number of thiazole rings is 1. The molecule has 0 amide bonds. The number of benzene rings is 1. The Morgan fingerprint density at radius 2 is 1.86 bits per heavy atom. The molecule has 2 aromatic rings. The smallest absolute Gasteiger partial charge is 0.358 e. The number of methoxy groups -OCH3 is 1. The van der Waals surface area contributed by atoms with Gasteiger partial charge in [-0.3, -0.25) is 4.79 Å². The van der Waals surface area contributed by atoms with Crippen molar-refractivity contribution in [2.24, 2.45) is 0 Å². The van der Waals surface area contributed by atoms with Crippen molar-refractivity contribution in [3.05, 3.63) is 51.0 Å². The number of carbonyl (C=O) groups is 2. The highest BCUT2D eigenvalue weighted by Gasteiger charge is 2.29. The molecule has 0 N–H and O–H groups in total. The van der Waals surface area contributed by atoms with Crippen molar-refractivity contribution >= 4 is 23.1 Å². The minimum absolute atomic E-state index is 0.144. The molecule has 108 valence electrons. The zero-order valence-corrected chi connectivity index (χ0v) is 12.7. The quantitative estimate of drug-likeness (QED) is 0.646. The summed E-state index contributed by atoms with van der Waals surface area (Å²) in [5, 5.41) is 0.844. The van der Waals surface area contributed by atoms with E-state index in [-0.39, 0.29) is 17.4 Å². The number of ether oxygens (including phenoxy) is 1. The maximum atomic E-state index is 11.8. The number of nitrogens with zero attached hydrogens (tertiary/aromatic N) is 1. The zero-order chi connectivity index (χ0) is 15.0. The number of rotatable bonds is 3. The first-order chi connectivity index (χ1) is 10.1. The summed E-state index contributed by atoms with van der Waals surface area (Å²) in [6.07, 6.45) is 1.81. The maximum absolute atomic E-state index is 11.8. The standard InChI is InChI=1S/C16H15NO3S/c1-9(18)14-13(16(19)20-2)17-15(21-14)12-7-10-5-3-4-6-11(10)8-12/h3-6,12H,7-8H2,1-2H3. The van der Waals surface area contributed by atoms with Crippen LogP contribution >= 0.6 is 11.3 Å². The van der Waals surface area contributed by atoms with Crippen LogP contribution in [0.15, 0.2) is 24.3 Å². The van der Waals surface area contributed by atoms with Gasteiger partial charge in [0, 0.05) is 12.8 Å². The van der Waals surface area contributed by atoms with E-state index in [1.165, 1.54) is 36.5 Å². The van der Waals surface area contributed by atoms with E-state index in [1.807, 2.05) is 12.1 Å². The van der Waals surface area contributed by atoms with Crippen LogP contribution in [0.25, 0.3) is 0 Å². The lowest BCUT2D eigenvalue weighted by Gasteiger charge is -2.03. The molecule has 1 aromatic carbocycles. The van der Waals surface area contributed by atoms with E-state index in [9.17, 15) is 9.59 Å². The summed E-state index contributed by atoms with van der Waals surface area (Å²) in [6, 6.07) is 8.31. The number of hydrogen-bond acceptors (Lipinski definition) is 5. The first-order valence-electron chi connectivity index (χ1n) is 6.77. The third kappa shape index (κ3) is 2.49. The van der Waals surface area contributed by atoms with E-state index in [4.69, 9.17) is 4.74 Å². The van der Waals surface area contributed by atoms with Gasteiger partial charge >= 0.3 is 5.97 Å². The van der Waals surface area contributed by atoms with E-state index in [0.717, 1.165) is 17.8 Å². The molecule has 1 aliphatic carbocycles. The molecule has 0 bridgehead atoms. The Kier molecular flexibility index (Phi) is 3.59. The topological polar surface area (TPSA) is 56.3 Å². The predicted molar refractivity (Wildman–Crippen MR) is 80.0 cm³/mol. The highest BCUT2D eigenvalue weighted by atomic mass is 32.1. The fourth-order valence-corrected chi connectivity index (χ4v) is 3.77. The van der Waals surface area contributed by atoms with Gasteiger partial charge in [-0.05, 0) is 24.0 Å². The van der Waals surface area contributed by atoms with Crippen molar-refractivity contribution < 1.29 is 14.3 Å². The molecule has 1 heterocycles. The molecule has 21 heavy (non-hydrogen) atoms. The van der Waals surface area contributed by atoms with Crippen LogP contribution in [0.2, 0.25) is 0 Å². The molecular weight excluding hydrogens is 286 g/mol. The van der Waals surface area contributed by atoms with Crippen LogP contribution in [0.4, 0.5) is 0 Å². The number of esters is 1. The second kappa shape index (κ2) is 5.41. The van der Waals surface area contributed by atoms with E-state index < -0.39 is 5.97 Å². The molecule has 1 aromatic heterocycles. The third-order valence-corrected chi connectivity index (χ3v) is 5.06. The lowest BCUT2D eigenvalue weighted by Crippen LogP contribution is -2.07. The summed E-state index contributed by atoms with van der Waals surface area (Å²) >= 11 is 1.32. The highest BCUT2D eigenvalue weighted by molar-refractivity contribution is 7.14. The van der Waals surface area contributed by atoms with E-state index in [0.29, 0.717) is 4.88 Å². The number of carbonyl (C=O) groups excluding carboxylic acids is 2. The number of fused-ring (bicyclic) bond motifs is 1. The first kappa shape index (κ1) is 13.9. The molecule has 0 spiro atoms. The van der Waals surface area contributed by atoms with Gasteiger partial charge in [-0.1, -0.05) is 24.3 Å². The molecule has 0 fully saturated rings. The van der Waals surface area contributed by atoms with Crippen LogP contribution in [0.3, 0.4) is 0 Å². The molecule has 0 aliphatic heterocycles. The normalized spacial score (nSPS) is 14.0. The average molecular weight is 301 g/mol. The van der Waals surface area contributed by atoms with E-state index >= 15 is 0 Å². The lowest BCUT2D eigenvalue weighted by molar-refractivity contribution is 0.0591. The van der Waals surface area contributed by atoms with Crippen molar-refractivity contribution in [2.45, 2.75) is 25.7 Å². The van der Waals surface area contributed by atoms with Crippen molar-refractivity contribution in [1.29, 1.82) is 0 Å². The Hall–Kier alpha value is -2.01. The largest absolute Gasteiger partial charge is 0.464 e. The average Bonchev–Trinajstić information content (AvgIpc) is 3.09. The molecule has 0 atom stereocenters. The Balaban J connectivity index is 1.94. The van der Waals surface area contributed by atoms with Crippen molar-refractivity contribution in [2.75, 3.05) is 7.11 Å². The third-order valence-electron chi connectivity index (χ3n) is 3.74. The van der Waals surface area contributed by atoms with Crippen LogP contribution in [-0.4, -0.2) is 23.8 Å². The summed E-state index contributed by atoms with van der Waals surface area (Å²) in [5.74, 6) is -0.447. The fraction of sp³-hybridized carbons (Fsp3) is 0.312. The van der Waals surface area contributed by atoms with Gasteiger partial charge in [0.05, 0.1) is 12.1 Å². The van der Waals surface area contributed by atoms with Gasteiger partial charge in [-0.25, -0.2) is 9.78 Å². The van der Waals surface area contributed by atoms with Crippen LogP contribution in [-0.2, 0) is 17.6 Å². The molecule has 0 saturated heterocycles. The van der Waals surface area contributed by atoms with E-state index in [2.05, 4.69) is 17.1 Å². The van der Waals surface area contributed by atoms with Gasteiger partial charge in [0.1, 0.15) is 4.88 Å². The van der Waals surface area contributed by atoms with Gasteiger partial charge < -0.3 is 4.74 Å². The SMILES string of the molecule is COC(=O)c1nc(C2Cc3ccccc3C2)sc1C(C)=O. The van der Waals surface area contributed by atoms with Gasteiger partial charge in [0.2, 0.25) is 0 Å². The summed E-state index contributed by atoms with van der Waals surface area (Å²) in [5.41, 5.74) is 2.80. The molecule has 0 unspecified atom stereocenters. The summed E-state index contributed by atoms with van der Waals surface area (Å²) in [6.45, 7) is 1.45. The van der Waals surface area contributed by atoms with Crippen LogP contribution < -0.4 is 0 Å². The minimum atomic E-state index is -0.543. The predicted octanol–water partition coefficient (Wildman–Crippen LogP) is 3.01. The number of aromatic nitrogens is 1. The molecular formula is C16H15NO3S. The number of ketones is 1. The monoisotopic (exact) mass is 301 g/mol. The first-order valence-corrected chi connectivity index (χ1v) is 7.58. The molecule has 0 radical (unpaired) electrons. The van der Waals surface area contributed by atoms with Crippen molar-refractivity contribution in [1.82, 2.24) is 4.98 Å². The Morgan fingerprint density at radius 1 is 1.24 bits per heavy atom. The number of hydrogen-bond donors (Lipinski definition) is 0. The lowest BCUT2D eigenvalue weighted by atomic mass is 10.1. The fourth-order valence-electron chi connectivity index (χ4n) is 2.72. The van der Waals surface area contributed by atoms with Gasteiger partial charge in [0.25, 0.3) is 0 Å². The zero-order valence-electron chi connectivity index (χ0n) is 11.9. The summed E-state index contributed by atoms with van der Waals surface area (Å²) < 4.78 is 4.72. The van der Waals surface area contributed by atoms with Crippen molar-refractivity contribution in [3.63, 3.8) is 0 Å².